The van der Waals surface area contributed by atoms with Gasteiger partial charge in [-0.05, 0) is 97.5 Å². The summed E-state index contributed by atoms with van der Waals surface area (Å²) in [5, 5.41) is 0. The van der Waals surface area contributed by atoms with Crippen molar-refractivity contribution < 1.29 is 17.9 Å². The zero-order valence-corrected chi connectivity index (χ0v) is 27.4. The lowest BCUT2D eigenvalue weighted by molar-refractivity contribution is 0.129. The Kier molecular flexibility index (Phi) is 8.87. The third-order valence-electron chi connectivity index (χ3n) is 7.32. The lowest BCUT2D eigenvalue weighted by Gasteiger charge is -2.28. The Morgan fingerprint density at radius 3 is 1.55 bits per heavy atom. The van der Waals surface area contributed by atoms with Gasteiger partial charge in [-0.15, -0.1) is 11.6 Å². The second-order valence-electron chi connectivity index (χ2n) is 13.2. The first-order chi connectivity index (χ1) is 19.5. The molecule has 0 atom stereocenters. The smallest absolute Gasteiger partial charge is 0.206 e. The lowest BCUT2D eigenvalue weighted by Crippen LogP contribution is -2.24. The Labute approximate surface area is 256 Å². The number of alkyl halides is 1. The molecule has 4 aromatic carbocycles. The Morgan fingerprint density at radius 2 is 1.07 bits per heavy atom. The van der Waals surface area contributed by atoms with Gasteiger partial charge in [0.25, 0.3) is 0 Å². The quantitative estimate of drug-likeness (QED) is 0.188. The van der Waals surface area contributed by atoms with E-state index in [4.69, 9.17) is 21.1 Å². The van der Waals surface area contributed by atoms with Gasteiger partial charge in [0.2, 0.25) is 9.84 Å². The summed E-state index contributed by atoms with van der Waals surface area (Å²) in [4.78, 5) is 0.502. The molecule has 222 valence electrons. The molecule has 0 spiro atoms. The average Bonchev–Trinajstić information content (AvgIpc) is 2.92. The van der Waals surface area contributed by atoms with Crippen LogP contribution in [0.4, 0.5) is 0 Å². The fourth-order valence-corrected chi connectivity index (χ4v) is 6.17. The molecule has 4 rings (SSSR count). The van der Waals surface area contributed by atoms with Gasteiger partial charge in [-0.3, -0.25) is 0 Å². The van der Waals surface area contributed by atoms with Crippen LogP contribution in [0.2, 0.25) is 0 Å². The van der Waals surface area contributed by atoms with E-state index in [9.17, 15) is 8.42 Å². The highest BCUT2D eigenvalue weighted by molar-refractivity contribution is 7.91. The van der Waals surface area contributed by atoms with Gasteiger partial charge in [0.1, 0.15) is 22.8 Å². The maximum absolute atomic E-state index is 13.2. The van der Waals surface area contributed by atoms with Crippen LogP contribution in [0.25, 0.3) is 0 Å². The van der Waals surface area contributed by atoms with Crippen molar-refractivity contribution in [1.82, 2.24) is 0 Å². The first-order valence-electron chi connectivity index (χ1n) is 14.1. The molecule has 0 aliphatic carbocycles. The molecule has 0 aliphatic rings. The van der Waals surface area contributed by atoms with Crippen molar-refractivity contribution in [3.63, 3.8) is 0 Å². The number of halogens is 1. The van der Waals surface area contributed by atoms with Gasteiger partial charge in [0.15, 0.2) is 0 Å². The van der Waals surface area contributed by atoms with Gasteiger partial charge >= 0.3 is 0 Å². The molecular formula is C36H41ClO4S. The largest absolute Gasteiger partial charge is 0.488 e. The standard InChI is InChI=1S/C36H41ClO4S/c1-34(2,3)26-11-18-31(19-12-26)42(38,39)32-20-16-30(17-21-32)40-29-14-9-27(10-15-29)36(7,8)28-13-22-33(25(23-28)24-37)41-35(4,5)6/h9-23H,24H2,1-8H3. The van der Waals surface area contributed by atoms with Gasteiger partial charge < -0.3 is 9.47 Å². The number of benzene rings is 4. The van der Waals surface area contributed by atoms with Crippen molar-refractivity contribution >= 4 is 21.4 Å². The van der Waals surface area contributed by atoms with Crippen molar-refractivity contribution in [2.75, 3.05) is 0 Å². The third kappa shape index (κ3) is 7.19. The molecule has 6 heteroatoms. The Balaban J connectivity index is 1.48. The molecule has 0 fully saturated rings. The summed E-state index contributed by atoms with van der Waals surface area (Å²) in [6, 6.07) is 27.8. The molecule has 0 saturated carbocycles. The highest BCUT2D eigenvalue weighted by Gasteiger charge is 2.25. The van der Waals surface area contributed by atoms with Crippen LogP contribution < -0.4 is 9.47 Å². The molecule has 0 amide bonds. The normalized spacial score (nSPS) is 12.7. The first-order valence-corrected chi connectivity index (χ1v) is 16.1. The number of hydrogen-bond donors (Lipinski definition) is 0. The zero-order chi connectivity index (χ0) is 30.9. The maximum Gasteiger partial charge on any atom is 0.206 e. The van der Waals surface area contributed by atoms with Gasteiger partial charge in [-0.25, -0.2) is 8.42 Å². The number of ether oxygens (including phenoxy) is 2. The molecule has 0 aromatic heterocycles. The summed E-state index contributed by atoms with van der Waals surface area (Å²) in [7, 11) is -3.63. The number of sulfone groups is 1. The number of rotatable bonds is 8. The van der Waals surface area contributed by atoms with Gasteiger partial charge in [0.05, 0.1) is 15.7 Å². The molecular weight excluding hydrogens is 564 g/mol. The van der Waals surface area contributed by atoms with E-state index in [0.717, 1.165) is 28.0 Å². The molecule has 0 bridgehead atoms. The van der Waals surface area contributed by atoms with E-state index in [2.05, 4.69) is 58.9 Å². The van der Waals surface area contributed by atoms with Gasteiger partial charge in [-0.1, -0.05) is 71.0 Å². The first kappa shape index (κ1) is 31.7. The van der Waals surface area contributed by atoms with E-state index in [1.54, 1.807) is 36.4 Å². The second kappa shape index (κ2) is 11.8. The minimum atomic E-state index is -3.63. The monoisotopic (exact) mass is 604 g/mol. The molecule has 0 heterocycles. The second-order valence-corrected chi connectivity index (χ2v) is 15.4. The summed E-state index contributed by atoms with van der Waals surface area (Å²) in [6.45, 7) is 16.7. The predicted molar refractivity (Wildman–Crippen MR) is 172 cm³/mol. The van der Waals surface area contributed by atoms with Crippen molar-refractivity contribution in [3.05, 3.63) is 113 Å². The molecule has 0 unspecified atom stereocenters. The van der Waals surface area contributed by atoms with E-state index in [0.29, 0.717) is 17.4 Å². The molecule has 0 aliphatic heterocycles. The zero-order valence-electron chi connectivity index (χ0n) is 25.8. The van der Waals surface area contributed by atoms with E-state index in [1.165, 1.54) is 0 Å². The van der Waals surface area contributed by atoms with E-state index < -0.39 is 9.84 Å². The SMILES string of the molecule is CC(C)(C)Oc1ccc(C(C)(C)c2ccc(Oc3ccc(S(=O)(=O)c4ccc(C(C)(C)C)cc4)cc3)cc2)cc1CCl. The Hall–Kier alpha value is -3.28. The highest BCUT2D eigenvalue weighted by Crippen LogP contribution is 2.37. The average molecular weight is 605 g/mol. The summed E-state index contributed by atoms with van der Waals surface area (Å²) < 4.78 is 38.5. The van der Waals surface area contributed by atoms with E-state index >= 15 is 0 Å². The molecule has 0 N–H and O–H groups in total. The lowest BCUT2D eigenvalue weighted by atomic mass is 9.77. The highest BCUT2D eigenvalue weighted by atomic mass is 35.5. The Morgan fingerprint density at radius 1 is 0.619 bits per heavy atom. The van der Waals surface area contributed by atoms with Crippen LogP contribution in [-0.4, -0.2) is 14.0 Å². The van der Waals surface area contributed by atoms with Crippen LogP contribution in [0.5, 0.6) is 17.2 Å². The van der Waals surface area contributed by atoms with Crippen molar-refractivity contribution in [3.8, 4) is 17.2 Å². The molecule has 0 saturated heterocycles. The number of hydrogen-bond acceptors (Lipinski definition) is 4. The van der Waals surface area contributed by atoms with E-state index in [-0.39, 0.29) is 26.2 Å². The van der Waals surface area contributed by atoms with Crippen molar-refractivity contribution in [2.45, 2.75) is 87.5 Å². The van der Waals surface area contributed by atoms with Crippen LogP contribution >= 0.6 is 11.6 Å². The van der Waals surface area contributed by atoms with Crippen LogP contribution in [0.15, 0.2) is 101 Å². The molecule has 4 aromatic rings. The summed E-state index contributed by atoms with van der Waals surface area (Å²) in [6.07, 6.45) is 0. The van der Waals surface area contributed by atoms with Crippen LogP contribution in [0.3, 0.4) is 0 Å². The van der Waals surface area contributed by atoms with Crippen LogP contribution in [-0.2, 0) is 26.5 Å². The molecule has 42 heavy (non-hydrogen) atoms. The third-order valence-corrected chi connectivity index (χ3v) is 9.39. The van der Waals surface area contributed by atoms with Crippen LogP contribution in [0.1, 0.15) is 77.6 Å². The molecule has 0 radical (unpaired) electrons. The minimum absolute atomic E-state index is 0.0457. The fourth-order valence-electron chi connectivity index (χ4n) is 4.70. The van der Waals surface area contributed by atoms with Gasteiger partial charge in [-0.2, -0.15) is 0 Å². The minimum Gasteiger partial charge on any atom is -0.488 e. The van der Waals surface area contributed by atoms with Crippen molar-refractivity contribution in [1.29, 1.82) is 0 Å². The summed E-state index contributed by atoms with van der Waals surface area (Å²) in [5.41, 5.74) is 3.68. The maximum atomic E-state index is 13.2. The van der Waals surface area contributed by atoms with E-state index in [1.807, 2.05) is 51.1 Å². The summed E-state index contributed by atoms with van der Waals surface area (Å²) in [5.74, 6) is 2.40. The Bertz CT molecular complexity index is 1620. The summed E-state index contributed by atoms with van der Waals surface area (Å²) >= 11 is 6.28. The topological polar surface area (TPSA) is 52.6 Å². The van der Waals surface area contributed by atoms with Gasteiger partial charge in [0, 0.05) is 11.0 Å². The van der Waals surface area contributed by atoms with Crippen LogP contribution in [0, 0.1) is 0 Å². The van der Waals surface area contributed by atoms with Crippen molar-refractivity contribution in [2.24, 2.45) is 0 Å². The molecule has 4 nitrogen and oxygen atoms in total. The fraction of sp³-hybridized carbons (Fsp3) is 0.333. The predicted octanol–water partition coefficient (Wildman–Crippen LogP) is 9.85.